The molecular formula is C38H49N3O4. The molecule has 0 atom stereocenters. The molecule has 1 heterocycles. The first-order chi connectivity index (χ1) is 22.0. The quantitative estimate of drug-likeness (QED) is 0.0890. The minimum atomic E-state index is -0.218. The number of methoxy groups -OCH3 is 1. The van der Waals surface area contributed by atoms with E-state index in [0.717, 1.165) is 66.4 Å². The highest BCUT2D eigenvalue weighted by Gasteiger charge is 2.06. The van der Waals surface area contributed by atoms with Crippen molar-refractivity contribution in [1.82, 2.24) is 9.97 Å². The number of nitrogens with zero attached hydrogens (tertiary/aromatic N) is 2. The van der Waals surface area contributed by atoms with E-state index in [1.807, 2.05) is 48.5 Å². The second kappa shape index (κ2) is 20.6. The van der Waals surface area contributed by atoms with E-state index >= 15 is 0 Å². The summed E-state index contributed by atoms with van der Waals surface area (Å²) in [7, 11) is 1.40. The number of ether oxygens (including phenoxy) is 3. The van der Waals surface area contributed by atoms with Crippen molar-refractivity contribution in [2.75, 3.05) is 20.3 Å². The van der Waals surface area contributed by atoms with Gasteiger partial charge in [-0.15, -0.1) is 0 Å². The standard InChI is InChI=1S/C22H25N3O.C16H24O3/c1-2-3-4-5-6-13-26-19-10-7-17(8-11-19)15-22-24-20-12-9-18(16-23)14-21(20)25-22;1-3-4-5-6-7-12-19-15-10-8-14(9-11-15)13-16(17)18-2/h7-12,14H,2-6,13,15H2,1H3,(H,24,25);8-11H,3-7,12-13H2,1-2H3. The average Bonchev–Trinajstić information content (AvgIpc) is 3.47. The molecule has 0 aliphatic carbocycles. The van der Waals surface area contributed by atoms with Gasteiger partial charge in [0.2, 0.25) is 0 Å². The lowest BCUT2D eigenvalue weighted by Crippen LogP contribution is -2.04. The number of rotatable bonds is 18. The van der Waals surface area contributed by atoms with Gasteiger partial charge in [0.25, 0.3) is 0 Å². The third-order valence-corrected chi connectivity index (χ3v) is 7.49. The number of imidazole rings is 1. The normalized spacial score (nSPS) is 10.5. The molecule has 0 bridgehead atoms. The van der Waals surface area contributed by atoms with Crippen molar-refractivity contribution < 1.29 is 19.0 Å². The maximum absolute atomic E-state index is 11.1. The first kappa shape index (κ1) is 35.2. The van der Waals surface area contributed by atoms with Crippen LogP contribution in [0.2, 0.25) is 0 Å². The molecule has 0 saturated heterocycles. The molecule has 4 rings (SSSR count). The van der Waals surface area contributed by atoms with Gasteiger partial charge in [-0.25, -0.2) is 4.98 Å². The van der Waals surface area contributed by atoms with Crippen LogP contribution in [0.5, 0.6) is 11.5 Å². The highest BCUT2D eigenvalue weighted by atomic mass is 16.5. The summed E-state index contributed by atoms with van der Waals surface area (Å²) >= 11 is 0. The molecule has 7 heteroatoms. The van der Waals surface area contributed by atoms with Crippen molar-refractivity contribution in [2.45, 2.75) is 90.9 Å². The fourth-order valence-corrected chi connectivity index (χ4v) is 4.85. The SMILES string of the molecule is CCCCCCCOc1ccc(CC(=O)OC)cc1.CCCCCCCOc1ccc(Cc2nc3ccc(C#N)cc3[nH]2)cc1. The summed E-state index contributed by atoms with van der Waals surface area (Å²) in [5.41, 5.74) is 4.56. The number of benzene rings is 3. The molecule has 0 amide bonds. The molecule has 0 unspecified atom stereocenters. The van der Waals surface area contributed by atoms with Gasteiger partial charge in [0.15, 0.2) is 0 Å². The van der Waals surface area contributed by atoms with Crippen molar-refractivity contribution in [3.8, 4) is 17.6 Å². The summed E-state index contributed by atoms with van der Waals surface area (Å²) in [6.45, 7) is 5.99. The highest BCUT2D eigenvalue weighted by molar-refractivity contribution is 5.76. The molecule has 0 radical (unpaired) electrons. The van der Waals surface area contributed by atoms with Gasteiger partial charge in [-0.2, -0.15) is 5.26 Å². The Kier molecular flexibility index (Phi) is 16.1. The average molecular weight is 612 g/mol. The smallest absolute Gasteiger partial charge is 0.309 e. The molecule has 1 aromatic heterocycles. The number of nitriles is 1. The molecule has 45 heavy (non-hydrogen) atoms. The molecular weight excluding hydrogens is 562 g/mol. The maximum Gasteiger partial charge on any atom is 0.309 e. The topological polar surface area (TPSA) is 97.2 Å². The van der Waals surface area contributed by atoms with Gasteiger partial charge < -0.3 is 19.2 Å². The molecule has 0 saturated carbocycles. The zero-order valence-corrected chi connectivity index (χ0v) is 27.3. The Labute approximate surface area is 268 Å². The minimum absolute atomic E-state index is 0.218. The summed E-state index contributed by atoms with van der Waals surface area (Å²) in [4.78, 5) is 19.0. The van der Waals surface area contributed by atoms with Gasteiger partial charge >= 0.3 is 5.97 Å². The van der Waals surface area contributed by atoms with E-state index in [-0.39, 0.29) is 5.97 Å². The molecule has 3 aromatic carbocycles. The number of fused-ring (bicyclic) bond motifs is 1. The zero-order chi connectivity index (χ0) is 32.1. The second-order valence-electron chi connectivity index (χ2n) is 11.3. The van der Waals surface area contributed by atoms with Crippen molar-refractivity contribution in [2.24, 2.45) is 0 Å². The largest absolute Gasteiger partial charge is 0.494 e. The number of hydrogen-bond acceptors (Lipinski definition) is 6. The minimum Gasteiger partial charge on any atom is -0.494 e. The van der Waals surface area contributed by atoms with E-state index < -0.39 is 0 Å². The van der Waals surface area contributed by atoms with Crippen LogP contribution in [0.3, 0.4) is 0 Å². The van der Waals surface area contributed by atoms with Crippen LogP contribution in [0.1, 0.15) is 101 Å². The predicted molar refractivity (Wildman–Crippen MR) is 181 cm³/mol. The van der Waals surface area contributed by atoms with Crippen LogP contribution in [-0.4, -0.2) is 36.3 Å². The van der Waals surface area contributed by atoms with Crippen molar-refractivity contribution in [3.63, 3.8) is 0 Å². The van der Waals surface area contributed by atoms with Crippen molar-refractivity contribution in [3.05, 3.63) is 89.2 Å². The first-order valence-corrected chi connectivity index (χ1v) is 16.4. The predicted octanol–water partition coefficient (Wildman–Crippen LogP) is 9.13. The van der Waals surface area contributed by atoms with E-state index in [9.17, 15) is 4.79 Å². The Bertz CT molecular complexity index is 1440. The molecule has 0 spiro atoms. The Morgan fingerprint density at radius 1 is 0.756 bits per heavy atom. The number of aromatic nitrogens is 2. The highest BCUT2D eigenvalue weighted by Crippen LogP contribution is 2.18. The van der Waals surface area contributed by atoms with Crippen LogP contribution in [0.25, 0.3) is 11.0 Å². The molecule has 0 aliphatic rings. The molecule has 7 nitrogen and oxygen atoms in total. The number of esters is 1. The van der Waals surface area contributed by atoms with Crippen LogP contribution < -0.4 is 9.47 Å². The van der Waals surface area contributed by atoms with Gasteiger partial charge in [-0.05, 0) is 66.4 Å². The molecule has 0 fully saturated rings. The first-order valence-electron chi connectivity index (χ1n) is 16.4. The maximum atomic E-state index is 11.1. The van der Waals surface area contributed by atoms with Gasteiger partial charge in [0.1, 0.15) is 17.3 Å². The Balaban J connectivity index is 0.000000259. The summed E-state index contributed by atoms with van der Waals surface area (Å²) < 4.78 is 16.1. The van der Waals surface area contributed by atoms with Gasteiger partial charge in [-0.3, -0.25) is 4.79 Å². The number of aromatic amines is 1. The number of carbonyl (C=O) groups excluding carboxylic acids is 1. The molecule has 4 aromatic rings. The summed E-state index contributed by atoms with van der Waals surface area (Å²) in [6.07, 6.45) is 13.5. The third-order valence-electron chi connectivity index (χ3n) is 7.49. The Hall–Kier alpha value is -4.31. The van der Waals surface area contributed by atoms with E-state index in [1.165, 1.54) is 64.0 Å². The monoisotopic (exact) mass is 611 g/mol. The lowest BCUT2D eigenvalue weighted by molar-refractivity contribution is -0.139. The number of H-pyrrole nitrogens is 1. The molecule has 240 valence electrons. The lowest BCUT2D eigenvalue weighted by Gasteiger charge is -2.07. The second-order valence-corrected chi connectivity index (χ2v) is 11.3. The Morgan fingerprint density at radius 3 is 1.84 bits per heavy atom. The van der Waals surface area contributed by atoms with Gasteiger partial charge in [0.05, 0.1) is 49.4 Å². The summed E-state index contributed by atoms with van der Waals surface area (Å²) in [5, 5.41) is 8.98. The number of carbonyl (C=O) groups is 1. The fraction of sp³-hybridized carbons (Fsp3) is 0.447. The zero-order valence-electron chi connectivity index (χ0n) is 27.3. The van der Waals surface area contributed by atoms with Crippen LogP contribution in [0, 0.1) is 11.3 Å². The van der Waals surface area contributed by atoms with Crippen LogP contribution >= 0.6 is 0 Å². The number of hydrogen-bond donors (Lipinski definition) is 1. The summed E-state index contributed by atoms with van der Waals surface area (Å²) in [6, 6.07) is 23.5. The van der Waals surface area contributed by atoms with Crippen LogP contribution in [-0.2, 0) is 22.4 Å². The lowest BCUT2D eigenvalue weighted by atomic mass is 10.1. The fourth-order valence-electron chi connectivity index (χ4n) is 4.85. The van der Waals surface area contributed by atoms with Crippen molar-refractivity contribution >= 4 is 17.0 Å². The Morgan fingerprint density at radius 2 is 1.31 bits per heavy atom. The third kappa shape index (κ3) is 13.5. The van der Waals surface area contributed by atoms with E-state index in [4.69, 9.17) is 14.7 Å². The van der Waals surface area contributed by atoms with Crippen molar-refractivity contribution in [1.29, 1.82) is 5.26 Å². The van der Waals surface area contributed by atoms with E-state index in [2.05, 4.69) is 46.8 Å². The van der Waals surface area contributed by atoms with Gasteiger partial charge in [0, 0.05) is 6.42 Å². The van der Waals surface area contributed by atoms with E-state index in [0.29, 0.717) is 12.0 Å². The van der Waals surface area contributed by atoms with Crippen LogP contribution in [0.15, 0.2) is 66.7 Å². The van der Waals surface area contributed by atoms with Crippen LogP contribution in [0.4, 0.5) is 0 Å². The van der Waals surface area contributed by atoms with E-state index in [1.54, 1.807) is 6.07 Å². The number of unbranched alkanes of at least 4 members (excludes halogenated alkanes) is 8. The molecule has 0 aliphatic heterocycles. The van der Waals surface area contributed by atoms with Gasteiger partial charge in [-0.1, -0.05) is 89.5 Å². The molecule has 1 N–H and O–H groups in total. The number of nitrogens with one attached hydrogen (secondary N) is 1. The summed E-state index contributed by atoms with van der Waals surface area (Å²) in [5.74, 6) is 2.47.